The van der Waals surface area contributed by atoms with E-state index in [0.29, 0.717) is 6.04 Å². The Morgan fingerprint density at radius 3 is 2.70 bits per heavy atom. The van der Waals surface area contributed by atoms with Crippen LogP contribution in [0.4, 0.5) is 0 Å². The van der Waals surface area contributed by atoms with Gasteiger partial charge in [-0.15, -0.1) is 11.8 Å². The highest BCUT2D eigenvalue weighted by Gasteiger charge is 2.27. The number of likely N-dealkylation sites (tertiary alicyclic amines) is 1. The molecule has 1 aromatic heterocycles. The minimum atomic E-state index is 0.589. The van der Waals surface area contributed by atoms with Crippen molar-refractivity contribution < 1.29 is 0 Å². The van der Waals surface area contributed by atoms with Gasteiger partial charge in [-0.1, -0.05) is 45.6 Å². The molecule has 3 rings (SSSR count). The van der Waals surface area contributed by atoms with Gasteiger partial charge in [0.25, 0.3) is 0 Å². The van der Waals surface area contributed by atoms with Crippen LogP contribution in [0.5, 0.6) is 0 Å². The molecule has 2 heterocycles. The fourth-order valence-electron chi connectivity index (χ4n) is 4.13. The third-order valence-corrected chi connectivity index (χ3v) is 6.57. The highest BCUT2D eigenvalue weighted by atomic mass is 32.2. The molecule has 0 aromatic carbocycles. The summed E-state index contributed by atoms with van der Waals surface area (Å²) in [4.78, 5) is 7.52. The first-order valence-electron chi connectivity index (χ1n) is 9.59. The van der Waals surface area contributed by atoms with Gasteiger partial charge in [0.05, 0.1) is 0 Å². The van der Waals surface area contributed by atoms with E-state index in [1.54, 1.807) is 0 Å². The molecule has 0 spiro atoms. The molecule has 23 heavy (non-hydrogen) atoms. The zero-order chi connectivity index (χ0) is 16.1. The fraction of sp³-hybridized carbons (Fsp3) is 0.750. The standard InChI is InChI=1S/C20H32N2S/c1-16(2)15-22-14-7-6-12-19(22)18-11-8-13-21-20(18)23-17-9-4-3-5-10-17/h8,11,13,16-17,19H,3-7,9-10,12,14-15H2,1-2H3/t19-/m1/s1. The lowest BCUT2D eigenvalue weighted by molar-refractivity contribution is 0.130. The summed E-state index contributed by atoms with van der Waals surface area (Å²) in [6.07, 6.45) is 13.0. The molecule has 0 unspecified atom stereocenters. The summed E-state index contributed by atoms with van der Waals surface area (Å²) >= 11 is 2.07. The number of rotatable bonds is 5. The lowest BCUT2D eigenvalue weighted by Crippen LogP contribution is -2.36. The van der Waals surface area contributed by atoms with Crippen molar-refractivity contribution >= 4 is 11.8 Å². The minimum Gasteiger partial charge on any atom is -0.296 e. The van der Waals surface area contributed by atoms with Gasteiger partial charge in [0.15, 0.2) is 0 Å². The van der Waals surface area contributed by atoms with E-state index in [-0.39, 0.29) is 0 Å². The first kappa shape index (κ1) is 17.3. The van der Waals surface area contributed by atoms with Crippen molar-refractivity contribution in [2.75, 3.05) is 13.1 Å². The van der Waals surface area contributed by atoms with Gasteiger partial charge in [0.2, 0.25) is 0 Å². The molecular formula is C20H32N2S. The Hall–Kier alpha value is -0.540. The van der Waals surface area contributed by atoms with Crippen molar-refractivity contribution in [1.29, 1.82) is 0 Å². The van der Waals surface area contributed by atoms with Crippen LogP contribution in [0.25, 0.3) is 0 Å². The summed E-state index contributed by atoms with van der Waals surface area (Å²) in [7, 11) is 0. The average Bonchev–Trinajstić information content (AvgIpc) is 2.56. The van der Waals surface area contributed by atoms with Gasteiger partial charge >= 0.3 is 0 Å². The lowest BCUT2D eigenvalue weighted by Gasteiger charge is -2.38. The van der Waals surface area contributed by atoms with Crippen LogP contribution in [0.2, 0.25) is 0 Å². The quantitative estimate of drug-likeness (QED) is 0.689. The molecule has 0 amide bonds. The second-order valence-electron chi connectivity index (χ2n) is 7.68. The SMILES string of the molecule is CC(C)CN1CCCC[C@@H]1c1cccnc1SC1CCCCC1. The highest BCUT2D eigenvalue weighted by Crippen LogP contribution is 2.39. The summed E-state index contributed by atoms with van der Waals surface area (Å²) in [6, 6.07) is 5.08. The normalized spacial score (nSPS) is 24.2. The van der Waals surface area contributed by atoms with E-state index in [1.165, 1.54) is 75.0 Å². The van der Waals surface area contributed by atoms with Crippen molar-refractivity contribution in [2.45, 2.75) is 81.5 Å². The fourth-order valence-corrected chi connectivity index (χ4v) is 5.47. The van der Waals surface area contributed by atoms with Crippen molar-refractivity contribution in [3.63, 3.8) is 0 Å². The van der Waals surface area contributed by atoms with Gasteiger partial charge in [-0.05, 0) is 44.2 Å². The molecule has 1 saturated heterocycles. The maximum atomic E-state index is 4.80. The summed E-state index contributed by atoms with van der Waals surface area (Å²) in [5.41, 5.74) is 1.50. The van der Waals surface area contributed by atoms with Crippen molar-refractivity contribution in [1.82, 2.24) is 9.88 Å². The van der Waals surface area contributed by atoms with E-state index in [9.17, 15) is 0 Å². The third kappa shape index (κ3) is 4.73. The number of hydrogen-bond donors (Lipinski definition) is 0. The lowest BCUT2D eigenvalue weighted by atomic mass is 9.95. The van der Waals surface area contributed by atoms with Crippen LogP contribution in [0.15, 0.2) is 23.4 Å². The molecule has 1 aliphatic heterocycles. The molecule has 0 N–H and O–H groups in total. The van der Waals surface area contributed by atoms with E-state index in [0.717, 1.165) is 11.2 Å². The molecule has 1 atom stereocenters. The van der Waals surface area contributed by atoms with Crippen LogP contribution in [0, 0.1) is 5.92 Å². The molecule has 2 fully saturated rings. The predicted molar refractivity (Wildman–Crippen MR) is 100.0 cm³/mol. The van der Waals surface area contributed by atoms with Gasteiger partial charge < -0.3 is 0 Å². The van der Waals surface area contributed by atoms with Crippen LogP contribution in [0.1, 0.15) is 76.8 Å². The monoisotopic (exact) mass is 332 g/mol. The number of hydrogen-bond acceptors (Lipinski definition) is 3. The zero-order valence-electron chi connectivity index (χ0n) is 14.8. The maximum Gasteiger partial charge on any atom is 0.101 e. The number of aromatic nitrogens is 1. The van der Waals surface area contributed by atoms with Crippen LogP contribution in [0.3, 0.4) is 0 Å². The van der Waals surface area contributed by atoms with E-state index >= 15 is 0 Å². The van der Waals surface area contributed by atoms with Gasteiger partial charge in [-0.25, -0.2) is 4.98 Å². The molecule has 3 heteroatoms. The van der Waals surface area contributed by atoms with E-state index < -0.39 is 0 Å². The Kier molecular flexibility index (Phi) is 6.41. The van der Waals surface area contributed by atoms with Crippen LogP contribution >= 0.6 is 11.8 Å². The Bertz CT molecular complexity index is 482. The predicted octanol–water partition coefficient (Wildman–Crippen LogP) is 5.69. The summed E-state index contributed by atoms with van der Waals surface area (Å²) in [6.45, 7) is 7.15. The Balaban J connectivity index is 1.77. The largest absolute Gasteiger partial charge is 0.296 e. The zero-order valence-corrected chi connectivity index (χ0v) is 15.7. The number of thioether (sulfide) groups is 1. The topological polar surface area (TPSA) is 16.1 Å². The molecule has 1 saturated carbocycles. The van der Waals surface area contributed by atoms with Crippen LogP contribution < -0.4 is 0 Å². The Morgan fingerprint density at radius 1 is 1.13 bits per heavy atom. The van der Waals surface area contributed by atoms with E-state index in [4.69, 9.17) is 4.98 Å². The van der Waals surface area contributed by atoms with Gasteiger partial charge in [0, 0.05) is 29.6 Å². The minimum absolute atomic E-state index is 0.589. The molecule has 2 nitrogen and oxygen atoms in total. The first-order valence-corrected chi connectivity index (χ1v) is 10.5. The van der Waals surface area contributed by atoms with Gasteiger partial charge in [0.1, 0.15) is 5.03 Å². The molecule has 1 aliphatic carbocycles. The smallest absolute Gasteiger partial charge is 0.101 e. The number of piperidine rings is 1. The Labute approximate surface area is 146 Å². The van der Waals surface area contributed by atoms with Crippen molar-refractivity contribution in [2.24, 2.45) is 5.92 Å². The second-order valence-corrected chi connectivity index (χ2v) is 8.97. The highest BCUT2D eigenvalue weighted by molar-refractivity contribution is 7.99. The summed E-state index contributed by atoms with van der Waals surface area (Å²) < 4.78 is 0. The first-order chi connectivity index (χ1) is 11.2. The molecule has 128 valence electrons. The van der Waals surface area contributed by atoms with Gasteiger partial charge in [-0.2, -0.15) is 0 Å². The molecular weight excluding hydrogens is 300 g/mol. The maximum absolute atomic E-state index is 4.80. The van der Waals surface area contributed by atoms with Crippen LogP contribution in [-0.4, -0.2) is 28.2 Å². The van der Waals surface area contributed by atoms with E-state index in [2.05, 4.69) is 42.6 Å². The summed E-state index contributed by atoms with van der Waals surface area (Å²) in [5, 5.41) is 2.11. The molecule has 1 aromatic rings. The summed E-state index contributed by atoms with van der Waals surface area (Å²) in [5.74, 6) is 0.738. The Morgan fingerprint density at radius 2 is 1.91 bits per heavy atom. The molecule has 0 radical (unpaired) electrons. The average molecular weight is 333 g/mol. The number of nitrogens with zero attached hydrogens (tertiary/aromatic N) is 2. The van der Waals surface area contributed by atoms with Gasteiger partial charge in [-0.3, -0.25) is 4.90 Å². The van der Waals surface area contributed by atoms with Crippen LogP contribution in [-0.2, 0) is 0 Å². The second kappa shape index (κ2) is 8.53. The number of pyridine rings is 1. The van der Waals surface area contributed by atoms with Crippen molar-refractivity contribution in [3.05, 3.63) is 23.9 Å². The van der Waals surface area contributed by atoms with Crippen molar-refractivity contribution in [3.8, 4) is 0 Å². The molecule has 2 aliphatic rings. The third-order valence-electron chi connectivity index (χ3n) is 5.20. The van der Waals surface area contributed by atoms with E-state index in [1.807, 2.05) is 6.20 Å². The molecule has 0 bridgehead atoms.